The number of rotatable bonds is 23. The van der Waals surface area contributed by atoms with Gasteiger partial charge in [0, 0.05) is 5.56 Å². The van der Waals surface area contributed by atoms with E-state index in [4.69, 9.17) is 19.1 Å². The minimum Gasteiger partial charge on any atom is -0.493 e. The van der Waals surface area contributed by atoms with Crippen LogP contribution < -0.4 is 20.7 Å². The van der Waals surface area contributed by atoms with Gasteiger partial charge in [0.2, 0.25) is 12.3 Å². The highest BCUT2D eigenvalue weighted by atomic mass is 16.7. The molecule has 0 spiro atoms. The lowest BCUT2D eigenvalue weighted by Gasteiger charge is -2.32. The maximum atomic E-state index is 13.5. The second kappa shape index (κ2) is 20.8. The van der Waals surface area contributed by atoms with Crippen LogP contribution in [0.4, 0.5) is 0 Å². The summed E-state index contributed by atoms with van der Waals surface area (Å²) in [5.41, 5.74) is 1.28. The van der Waals surface area contributed by atoms with E-state index >= 15 is 0 Å². The Bertz CT molecular complexity index is 1660. The smallest absolute Gasteiger partial charge is 0.326 e. The normalized spacial score (nSPS) is 12.5. The minimum absolute atomic E-state index is 0.0279. The average Bonchev–Trinajstić information content (AvgIpc) is 3.63. The van der Waals surface area contributed by atoms with Crippen molar-refractivity contribution < 1.29 is 53.0 Å². The molecule has 0 aliphatic carbocycles. The molecule has 0 radical (unpaired) electrons. The van der Waals surface area contributed by atoms with Crippen molar-refractivity contribution in [3.63, 3.8) is 0 Å². The Labute approximate surface area is 301 Å². The summed E-state index contributed by atoms with van der Waals surface area (Å²) < 4.78 is 11.3. The summed E-state index contributed by atoms with van der Waals surface area (Å²) in [6.07, 6.45) is 3.37. The molecule has 1 unspecified atom stereocenters. The van der Waals surface area contributed by atoms with Gasteiger partial charge in [-0.25, -0.2) is 9.86 Å². The molecular formula is C37H46N4O11. The van der Waals surface area contributed by atoms with E-state index in [-0.39, 0.29) is 48.6 Å². The third-order valence-corrected chi connectivity index (χ3v) is 8.13. The van der Waals surface area contributed by atoms with Crippen molar-refractivity contribution in [1.29, 1.82) is 0 Å². The highest BCUT2D eigenvalue weighted by Gasteiger charge is 2.32. The Balaban J connectivity index is 1.67. The quantitative estimate of drug-likeness (QED) is 0.0401. The lowest BCUT2D eigenvalue weighted by molar-refractivity contribution is -0.200. The van der Waals surface area contributed by atoms with Gasteiger partial charge >= 0.3 is 11.9 Å². The Morgan fingerprint density at radius 3 is 2.31 bits per heavy atom. The molecule has 0 saturated carbocycles. The van der Waals surface area contributed by atoms with Crippen LogP contribution in [0.25, 0.3) is 11.3 Å². The van der Waals surface area contributed by atoms with E-state index in [0.717, 1.165) is 24.8 Å². The highest BCUT2D eigenvalue weighted by molar-refractivity contribution is 6.00. The third kappa shape index (κ3) is 12.0. The fourth-order valence-electron chi connectivity index (χ4n) is 5.48. The number of amides is 4. The summed E-state index contributed by atoms with van der Waals surface area (Å²) in [5.74, 6) is -5.02. The fourth-order valence-corrected chi connectivity index (χ4v) is 5.48. The zero-order chi connectivity index (χ0) is 38.0. The number of carboxylic acids is 2. The lowest BCUT2D eigenvalue weighted by Crippen LogP contribution is -2.48. The number of nitrogens with one attached hydrogen (secondary N) is 3. The molecular weight excluding hydrogens is 676 g/mol. The molecule has 1 heterocycles. The van der Waals surface area contributed by atoms with Gasteiger partial charge in [0.15, 0.2) is 5.76 Å². The number of carbonyl (C=O) groups is 6. The molecule has 3 atom stereocenters. The SMILES string of the molecule is CCCCC[C@@H](C(=O)NCNC(=O)c1ccc(-c2ccc(C(=O)NC(CC(=O)O)C(=O)O)c(OCC)c2)o1)[C@@H](CC)N(C=O)OCc1ccccc1. The van der Waals surface area contributed by atoms with Crippen molar-refractivity contribution in [2.75, 3.05) is 13.3 Å². The van der Waals surface area contributed by atoms with Gasteiger partial charge in [-0.2, -0.15) is 0 Å². The zero-order valence-electron chi connectivity index (χ0n) is 29.5. The first-order chi connectivity index (χ1) is 25.0. The van der Waals surface area contributed by atoms with Crippen LogP contribution in [-0.2, 0) is 30.6 Å². The van der Waals surface area contributed by atoms with Crippen LogP contribution in [-0.4, -0.2) is 76.7 Å². The van der Waals surface area contributed by atoms with Crippen molar-refractivity contribution >= 4 is 36.1 Å². The Morgan fingerprint density at radius 2 is 1.67 bits per heavy atom. The van der Waals surface area contributed by atoms with Crippen LogP contribution in [0.3, 0.4) is 0 Å². The van der Waals surface area contributed by atoms with Gasteiger partial charge in [0.05, 0.1) is 37.2 Å². The first-order valence-electron chi connectivity index (χ1n) is 17.1. The predicted octanol–water partition coefficient (Wildman–Crippen LogP) is 4.37. The van der Waals surface area contributed by atoms with Gasteiger partial charge in [-0.05, 0) is 49.6 Å². The topological polar surface area (TPSA) is 214 Å². The largest absolute Gasteiger partial charge is 0.493 e. The van der Waals surface area contributed by atoms with E-state index in [1.54, 1.807) is 6.92 Å². The maximum absolute atomic E-state index is 13.5. The van der Waals surface area contributed by atoms with Gasteiger partial charge in [-0.3, -0.25) is 28.8 Å². The molecule has 0 aliphatic heterocycles. The summed E-state index contributed by atoms with van der Waals surface area (Å²) >= 11 is 0. The summed E-state index contributed by atoms with van der Waals surface area (Å²) in [7, 11) is 0. The van der Waals surface area contributed by atoms with Gasteiger partial charge < -0.3 is 35.3 Å². The highest BCUT2D eigenvalue weighted by Crippen LogP contribution is 2.29. The van der Waals surface area contributed by atoms with Crippen molar-refractivity contribution in [3.8, 4) is 17.1 Å². The monoisotopic (exact) mass is 722 g/mol. The minimum atomic E-state index is -1.65. The summed E-state index contributed by atoms with van der Waals surface area (Å²) in [5, 5.41) is 27.0. The Hall–Kier alpha value is -5.70. The Kier molecular flexibility index (Phi) is 16.3. The van der Waals surface area contributed by atoms with E-state index in [0.29, 0.717) is 24.8 Å². The molecule has 15 nitrogen and oxygen atoms in total. The van der Waals surface area contributed by atoms with E-state index in [1.165, 1.54) is 35.4 Å². The van der Waals surface area contributed by atoms with Crippen molar-refractivity contribution in [2.45, 2.75) is 78.0 Å². The summed E-state index contributed by atoms with van der Waals surface area (Å²) in [6.45, 7) is 5.72. The number of hydrogen-bond acceptors (Lipinski definition) is 9. The molecule has 1 aromatic heterocycles. The molecule has 15 heteroatoms. The van der Waals surface area contributed by atoms with Crippen LogP contribution in [0.1, 0.15) is 85.8 Å². The molecule has 0 aliphatic rings. The molecule has 3 aromatic rings. The number of nitrogens with zero attached hydrogens (tertiary/aromatic N) is 1. The number of benzene rings is 2. The standard InChI is InChI=1S/C37H46N4O11/c1-4-7-9-14-26(29(5-2)41(23-42)51-21-24-12-10-8-11-13-24)34(45)38-22-39-36(47)31-18-17-30(52-31)25-15-16-27(32(19-25)50-6-3)35(46)40-28(37(48)49)20-33(43)44/h8,10-13,15-19,23,26,28-29H,4-7,9,14,20-22H2,1-3H3,(H,38,45)(H,39,47)(H,40,46)(H,43,44)(H,48,49)/t26-,28?,29-/m1/s1. The lowest BCUT2D eigenvalue weighted by atomic mass is 9.90. The van der Waals surface area contributed by atoms with Gasteiger partial charge in [-0.15, -0.1) is 0 Å². The van der Waals surface area contributed by atoms with Crippen molar-refractivity contribution in [1.82, 2.24) is 21.0 Å². The number of hydrogen-bond donors (Lipinski definition) is 5. The second-order valence-electron chi connectivity index (χ2n) is 11.8. The van der Waals surface area contributed by atoms with Crippen molar-refractivity contribution in [2.24, 2.45) is 5.92 Å². The second-order valence-corrected chi connectivity index (χ2v) is 11.8. The number of carboxylic acid groups (broad SMARTS) is 2. The molecule has 0 fully saturated rings. The number of furan rings is 1. The van der Waals surface area contributed by atoms with Crippen molar-refractivity contribution in [3.05, 3.63) is 77.6 Å². The Morgan fingerprint density at radius 1 is 0.923 bits per heavy atom. The van der Waals surface area contributed by atoms with E-state index < -0.39 is 48.2 Å². The van der Waals surface area contributed by atoms with Crippen LogP contribution in [0.2, 0.25) is 0 Å². The van der Waals surface area contributed by atoms with Crippen LogP contribution in [0, 0.1) is 5.92 Å². The van der Waals surface area contributed by atoms with Gasteiger partial charge in [-0.1, -0.05) is 69.5 Å². The molecule has 5 N–H and O–H groups in total. The number of unbranched alkanes of at least 4 members (excludes halogenated alkanes) is 2. The van der Waals surface area contributed by atoms with E-state index in [1.807, 2.05) is 37.3 Å². The van der Waals surface area contributed by atoms with Crippen LogP contribution in [0.5, 0.6) is 5.75 Å². The molecule has 4 amide bonds. The summed E-state index contributed by atoms with van der Waals surface area (Å²) in [6, 6.07) is 14.5. The van der Waals surface area contributed by atoms with Crippen LogP contribution in [0.15, 0.2) is 65.1 Å². The molecule has 3 rings (SSSR count). The van der Waals surface area contributed by atoms with Gasteiger partial charge in [0.25, 0.3) is 11.8 Å². The van der Waals surface area contributed by atoms with E-state index in [9.17, 15) is 33.9 Å². The maximum Gasteiger partial charge on any atom is 0.326 e. The first kappa shape index (κ1) is 40.7. The number of hydroxylamine groups is 2. The zero-order valence-corrected chi connectivity index (χ0v) is 29.5. The van der Waals surface area contributed by atoms with Crippen LogP contribution >= 0.6 is 0 Å². The van der Waals surface area contributed by atoms with E-state index in [2.05, 4.69) is 22.9 Å². The molecule has 2 aromatic carbocycles. The first-order valence-corrected chi connectivity index (χ1v) is 17.1. The fraction of sp³-hybridized carbons (Fsp3) is 0.405. The molecule has 0 saturated heterocycles. The predicted molar refractivity (Wildman–Crippen MR) is 188 cm³/mol. The third-order valence-electron chi connectivity index (χ3n) is 8.13. The number of carbonyl (C=O) groups excluding carboxylic acids is 4. The number of ether oxygens (including phenoxy) is 1. The number of aliphatic carboxylic acids is 2. The van der Waals surface area contributed by atoms with Gasteiger partial charge in [0.1, 0.15) is 24.2 Å². The molecule has 280 valence electrons. The molecule has 52 heavy (non-hydrogen) atoms. The molecule has 0 bridgehead atoms. The average molecular weight is 723 g/mol. The summed E-state index contributed by atoms with van der Waals surface area (Å²) in [4.78, 5) is 79.6.